The van der Waals surface area contributed by atoms with Gasteiger partial charge in [0.05, 0.1) is 11.4 Å². The molecule has 0 aliphatic carbocycles. The molecule has 1 aromatic carbocycles. The monoisotopic (exact) mass is 241 g/mol. The van der Waals surface area contributed by atoms with Crippen LogP contribution in [0.5, 0.6) is 0 Å². The molecule has 0 saturated heterocycles. The molecule has 0 radical (unpaired) electrons. The van der Waals surface area contributed by atoms with Crippen molar-refractivity contribution in [1.82, 2.24) is 4.98 Å². The van der Waals surface area contributed by atoms with Crippen LogP contribution in [0.1, 0.15) is 21.6 Å². The Kier molecular flexibility index (Phi) is 3.57. The third-order valence-corrected chi connectivity index (χ3v) is 2.73. The fourth-order valence-electron chi connectivity index (χ4n) is 1.66. The van der Waals surface area contributed by atoms with Crippen molar-refractivity contribution in [3.8, 4) is 0 Å². The highest BCUT2D eigenvalue weighted by molar-refractivity contribution is 5.92. The van der Waals surface area contributed by atoms with Gasteiger partial charge in [0.25, 0.3) is 0 Å². The number of aromatic nitrogens is 1. The smallest absolute Gasteiger partial charge is 0.248 e. The second-order valence-corrected chi connectivity index (χ2v) is 4.05. The molecule has 92 valence electrons. The van der Waals surface area contributed by atoms with Crippen LogP contribution in [0.25, 0.3) is 0 Å². The van der Waals surface area contributed by atoms with E-state index in [2.05, 4.69) is 10.3 Å². The molecule has 0 atom stereocenters. The lowest BCUT2D eigenvalue weighted by atomic mass is 10.1. The number of benzene rings is 1. The van der Waals surface area contributed by atoms with Crippen LogP contribution in [0.3, 0.4) is 0 Å². The number of primary amides is 1. The normalized spacial score (nSPS) is 10.1. The molecule has 0 aliphatic heterocycles. The van der Waals surface area contributed by atoms with Gasteiger partial charge in [-0.25, -0.2) is 0 Å². The topological polar surface area (TPSA) is 68.0 Å². The average Bonchev–Trinajstić information content (AvgIpc) is 2.38. The lowest BCUT2D eigenvalue weighted by Gasteiger charge is -2.08. The second-order valence-electron chi connectivity index (χ2n) is 4.05. The molecule has 0 aliphatic rings. The number of nitrogens with one attached hydrogen (secondary N) is 1. The largest absolute Gasteiger partial charge is 0.380 e. The van der Waals surface area contributed by atoms with E-state index in [1.165, 1.54) is 0 Å². The van der Waals surface area contributed by atoms with E-state index in [4.69, 9.17) is 5.73 Å². The zero-order valence-electron chi connectivity index (χ0n) is 10.2. The Morgan fingerprint density at radius 1 is 1.28 bits per heavy atom. The third-order valence-electron chi connectivity index (χ3n) is 2.73. The van der Waals surface area contributed by atoms with E-state index in [0.29, 0.717) is 12.1 Å². The average molecular weight is 241 g/mol. The highest BCUT2D eigenvalue weighted by Crippen LogP contribution is 2.12. The number of anilines is 1. The van der Waals surface area contributed by atoms with Crippen molar-refractivity contribution in [2.45, 2.75) is 13.5 Å². The van der Waals surface area contributed by atoms with Gasteiger partial charge < -0.3 is 11.1 Å². The summed E-state index contributed by atoms with van der Waals surface area (Å²) in [6.45, 7) is 2.64. The zero-order chi connectivity index (χ0) is 13.0. The van der Waals surface area contributed by atoms with Gasteiger partial charge in [-0.1, -0.05) is 12.1 Å². The molecule has 0 spiro atoms. The number of pyridine rings is 1. The summed E-state index contributed by atoms with van der Waals surface area (Å²) in [4.78, 5) is 15.1. The maximum absolute atomic E-state index is 10.9. The zero-order valence-corrected chi connectivity index (χ0v) is 10.2. The van der Waals surface area contributed by atoms with E-state index in [1.807, 2.05) is 31.2 Å². The Labute approximate surface area is 106 Å². The number of rotatable bonds is 4. The van der Waals surface area contributed by atoms with E-state index in [-0.39, 0.29) is 0 Å². The molecule has 2 rings (SSSR count). The number of amides is 1. The Morgan fingerprint density at radius 3 is 2.61 bits per heavy atom. The molecular formula is C14H15N3O. The summed E-state index contributed by atoms with van der Waals surface area (Å²) in [5.41, 5.74) is 8.77. The minimum atomic E-state index is -0.405. The van der Waals surface area contributed by atoms with Gasteiger partial charge >= 0.3 is 0 Å². The first-order valence-corrected chi connectivity index (χ1v) is 5.71. The number of hydrogen-bond donors (Lipinski definition) is 2. The fraction of sp³-hybridized carbons (Fsp3) is 0.143. The van der Waals surface area contributed by atoms with Crippen molar-refractivity contribution >= 4 is 11.6 Å². The number of hydrogen-bond acceptors (Lipinski definition) is 3. The lowest BCUT2D eigenvalue weighted by molar-refractivity contribution is 0.100. The van der Waals surface area contributed by atoms with Gasteiger partial charge in [-0.3, -0.25) is 9.78 Å². The number of carbonyl (C=O) groups is 1. The Balaban J connectivity index is 2.02. The van der Waals surface area contributed by atoms with Crippen LogP contribution in [0.2, 0.25) is 0 Å². The van der Waals surface area contributed by atoms with Crippen LogP contribution >= 0.6 is 0 Å². The van der Waals surface area contributed by atoms with E-state index >= 15 is 0 Å². The van der Waals surface area contributed by atoms with E-state index in [9.17, 15) is 4.79 Å². The molecule has 1 aromatic heterocycles. The van der Waals surface area contributed by atoms with Crippen molar-refractivity contribution in [1.29, 1.82) is 0 Å². The maximum atomic E-state index is 10.9. The van der Waals surface area contributed by atoms with Crippen LogP contribution in [0.4, 0.5) is 5.69 Å². The van der Waals surface area contributed by atoms with Crippen molar-refractivity contribution in [2.24, 2.45) is 5.73 Å². The summed E-state index contributed by atoms with van der Waals surface area (Å²) in [6, 6.07) is 11.1. The molecule has 0 unspecified atom stereocenters. The SMILES string of the molecule is Cc1ncccc1NCc1ccc(C(N)=O)cc1. The quantitative estimate of drug-likeness (QED) is 0.861. The molecule has 0 bridgehead atoms. The molecule has 0 fully saturated rings. The fourth-order valence-corrected chi connectivity index (χ4v) is 1.66. The van der Waals surface area contributed by atoms with Crippen molar-refractivity contribution < 1.29 is 4.79 Å². The summed E-state index contributed by atoms with van der Waals surface area (Å²) in [6.07, 6.45) is 1.77. The number of carbonyl (C=O) groups excluding carboxylic acids is 1. The molecule has 18 heavy (non-hydrogen) atoms. The van der Waals surface area contributed by atoms with E-state index in [1.54, 1.807) is 18.3 Å². The minimum Gasteiger partial charge on any atom is -0.380 e. The van der Waals surface area contributed by atoms with E-state index in [0.717, 1.165) is 16.9 Å². The van der Waals surface area contributed by atoms with Crippen LogP contribution in [0.15, 0.2) is 42.6 Å². The van der Waals surface area contributed by atoms with E-state index < -0.39 is 5.91 Å². The number of aryl methyl sites for hydroxylation is 1. The minimum absolute atomic E-state index is 0.405. The first-order valence-electron chi connectivity index (χ1n) is 5.71. The standard InChI is InChI=1S/C14H15N3O/c1-10-13(3-2-8-16-10)17-9-11-4-6-12(7-5-11)14(15)18/h2-8,17H,9H2,1H3,(H2,15,18). The molecule has 4 nitrogen and oxygen atoms in total. The Bertz CT molecular complexity index is 549. The summed E-state index contributed by atoms with van der Waals surface area (Å²) in [5.74, 6) is -0.405. The van der Waals surface area contributed by atoms with Gasteiger partial charge in [-0.2, -0.15) is 0 Å². The molecule has 3 N–H and O–H groups in total. The molecule has 1 amide bonds. The molecule has 1 heterocycles. The number of nitrogens with zero attached hydrogens (tertiary/aromatic N) is 1. The second kappa shape index (κ2) is 5.31. The summed E-state index contributed by atoms with van der Waals surface area (Å²) >= 11 is 0. The highest BCUT2D eigenvalue weighted by Gasteiger charge is 2.01. The molecule has 4 heteroatoms. The van der Waals surface area contributed by atoms with Gasteiger partial charge in [0.2, 0.25) is 5.91 Å². The van der Waals surface area contributed by atoms with Gasteiger partial charge in [-0.15, -0.1) is 0 Å². The summed E-state index contributed by atoms with van der Waals surface area (Å²) in [5, 5.41) is 3.30. The lowest BCUT2D eigenvalue weighted by Crippen LogP contribution is -2.10. The predicted octanol–water partition coefficient (Wildman–Crippen LogP) is 2.10. The maximum Gasteiger partial charge on any atom is 0.248 e. The first-order chi connectivity index (χ1) is 8.66. The first kappa shape index (κ1) is 12.1. The Morgan fingerprint density at radius 2 is 2.00 bits per heavy atom. The van der Waals surface area contributed by atoms with Gasteiger partial charge in [-0.05, 0) is 36.8 Å². The van der Waals surface area contributed by atoms with Crippen molar-refractivity contribution in [2.75, 3.05) is 5.32 Å². The van der Waals surface area contributed by atoms with Crippen molar-refractivity contribution in [3.63, 3.8) is 0 Å². The molecule has 2 aromatic rings. The number of nitrogens with two attached hydrogens (primary N) is 1. The Hall–Kier alpha value is -2.36. The molecule has 0 saturated carbocycles. The summed E-state index contributed by atoms with van der Waals surface area (Å²) < 4.78 is 0. The van der Waals surface area contributed by atoms with Gasteiger partial charge in [0, 0.05) is 18.3 Å². The molecular weight excluding hydrogens is 226 g/mol. The third kappa shape index (κ3) is 2.85. The van der Waals surface area contributed by atoms with Crippen LogP contribution < -0.4 is 11.1 Å². The van der Waals surface area contributed by atoms with Crippen LogP contribution in [-0.2, 0) is 6.54 Å². The van der Waals surface area contributed by atoms with Crippen molar-refractivity contribution in [3.05, 3.63) is 59.4 Å². The van der Waals surface area contributed by atoms with Gasteiger partial charge in [0.15, 0.2) is 0 Å². The van der Waals surface area contributed by atoms with Gasteiger partial charge in [0.1, 0.15) is 0 Å². The van der Waals surface area contributed by atoms with Crippen LogP contribution in [0, 0.1) is 6.92 Å². The van der Waals surface area contributed by atoms with Crippen LogP contribution in [-0.4, -0.2) is 10.9 Å². The highest BCUT2D eigenvalue weighted by atomic mass is 16.1. The predicted molar refractivity (Wildman–Crippen MR) is 71.3 cm³/mol. The summed E-state index contributed by atoms with van der Waals surface area (Å²) in [7, 11) is 0.